The Labute approximate surface area is 203 Å². The first-order valence-electron chi connectivity index (χ1n) is 11.1. The van der Waals surface area contributed by atoms with Gasteiger partial charge in [-0.15, -0.1) is 5.10 Å². The Balaban J connectivity index is 1.45. The van der Waals surface area contributed by atoms with Gasteiger partial charge in [-0.2, -0.15) is 0 Å². The number of carbonyl (C=O) groups is 1. The van der Waals surface area contributed by atoms with Crippen LogP contribution in [0, 0.1) is 0 Å². The molecular formula is C23H28ClN7O3. The zero-order valence-electron chi connectivity index (χ0n) is 19.2. The summed E-state index contributed by atoms with van der Waals surface area (Å²) in [5.74, 6) is 0.696. The number of nitrogens with zero attached hydrogens (tertiary/aromatic N) is 6. The quantitative estimate of drug-likeness (QED) is 0.520. The molecule has 1 saturated heterocycles. The van der Waals surface area contributed by atoms with Gasteiger partial charge in [-0.1, -0.05) is 23.7 Å². The first-order valence-corrected chi connectivity index (χ1v) is 11.4. The summed E-state index contributed by atoms with van der Waals surface area (Å²) in [5.41, 5.74) is 2.81. The molecule has 2 aromatic carbocycles. The molecule has 0 saturated carbocycles. The van der Waals surface area contributed by atoms with E-state index in [0.29, 0.717) is 36.3 Å². The fourth-order valence-electron chi connectivity index (χ4n) is 3.79. The molecule has 0 bridgehead atoms. The van der Waals surface area contributed by atoms with Crippen molar-refractivity contribution in [2.24, 2.45) is 0 Å². The Hall–Kier alpha value is -3.21. The van der Waals surface area contributed by atoms with Crippen LogP contribution >= 0.6 is 11.6 Å². The van der Waals surface area contributed by atoms with Crippen molar-refractivity contribution in [2.75, 3.05) is 57.2 Å². The summed E-state index contributed by atoms with van der Waals surface area (Å²) >= 11 is 5.87. The van der Waals surface area contributed by atoms with E-state index in [4.69, 9.17) is 21.1 Å². The summed E-state index contributed by atoms with van der Waals surface area (Å²) in [6.07, 6.45) is -0.555. The predicted molar refractivity (Wildman–Crippen MR) is 129 cm³/mol. The lowest BCUT2D eigenvalue weighted by molar-refractivity contribution is 0.0214. The first-order chi connectivity index (χ1) is 16.5. The molecule has 1 N–H and O–H groups in total. The Morgan fingerprint density at radius 1 is 1.15 bits per heavy atom. The Bertz CT molecular complexity index is 1070. The number of nitrogens with one attached hydrogen (secondary N) is 1. The van der Waals surface area contributed by atoms with Gasteiger partial charge in [-0.05, 0) is 52.4 Å². The van der Waals surface area contributed by atoms with Gasteiger partial charge in [0.1, 0.15) is 6.61 Å². The van der Waals surface area contributed by atoms with Crippen LogP contribution in [0.25, 0.3) is 0 Å². The number of carbonyl (C=O) groups excluding carboxylic acids is 1. The van der Waals surface area contributed by atoms with E-state index in [9.17, 15) is 4.79 Å². The molecule has 2 heterocycles. The highest BCUT2D eigenvalue weighted by Gasteiger charge is 2.29. The lowest BCUT2D eigenvalue weighted by atomic mass is 10.0. The van der Waals surface area contributed by atoms with E-state index in [-0.39, 0.29) is 12.6 Å². The fourth-order valence-corrected chi connectivity index (χ4v) is 3.92. The number of rotatable bonds is 8. The molecule has 1 aliphatic heterocycles. The highest BCUT2D eigenvalue weighted by Crippen LogP contribution is 2.29. The normalized spacial score (nSPS) is 15.0. The smallest absolute Gasteiger partial charge is 0.411 e. The van der Waals surface area contributed by atoms with Crippen LogP contribution in [-0.2, 0) is 16.0 Å². The third kappa shape index (κ3) is 6.02. The summed E-state index contributed by atoms with van der Waals surface area (Å²) in [6, 6.07) is 15.0. The maximum atomic E-state index is 12.1. The van der Waals surface area contributed by atoms with Gasteiger partial charge in [0.25, 0.3) is 0 Å². The number of aromatic nitrogens is 4. The highest BCUT2D eigenvalue weighted by atomic mass is 35.5. The van der Waals surface area contributed by atoms with Gasteiger partial charge in [0, 0.05) is 43.6 Å². The third-order valence-corrected chi connectivity index (χ3v) is 5.82. The molecule has 34 heavy (non-hydrogen) atoms. The van der Waals surface area contributed by atoms with Gasteiger partial charge in [0.2, 0.25) is 0 Å². The lowest BCUT2D eigenvalue weighted by Crippen LogP contribution is -2.40. The number of benzene rings is 2. The SMILES string of the molecule is CN(C)c1ccc([C@H](c2nnnn2CCOC(=O)Nc2ccc(Cl)cc2)N2CCOCC2)cc1. The Kier molecular flexibility index (Phi) is 7.94. The molecule has 3 aromatic rings. The van der Waals surface area contributed by atoms with Crippen LogP contribution in [0.15, 0.2) is 48.5 Å². The predicted octanol–water partition coefficient (Wildman–Crippen LogP) is 3.06. The van der Waals surface area contributed by atoms with Gasteiger partial charge in [-0.25, -0.2) is 9.48 Å². The molecule has 1 aromatic heterocycles. The number of anilines is 2. The number of halogens is 1. The second kappa shape index (κ2) is 11.3. The summed E-state index contributed by atoms with van der Waals surface area (Å²) in [4.78, 5) is 16.5. The molecule has 1 aliphatic rings. The highest BCUT2D eigenvalue weighted by molar-refractivity contribution is 6.30. The molecule has 10 nitrogen and oxygen atoms in total. The standard InChI is InChI=1S/C23H28ClN7O3/c1-29(2)20-9-3-17(4-10-20)21(30-11-14-33-15-12-30)22-26-27-28-31(22)13-16-34-23(32)25-19-7-5-18(24)6-8-19/h3-10,21H,11-16H2,1-2H3,(H,25,32)/t21-/m1/s1. The van der Waals surface area contributed by atoms with E-state index in [1.807, 2.05) is 14.1 Å². The topological polar surface area (TPSA) is 97.6 Å². The van der Waals surface area contributed by atoms with Crippen LogP contribution in [0.2, 0.25) is 5.02 Å². The Morgan fingerprint density at radius 2 is 1.85 bits per heavy atom. The minimum atomic E-state index is -0.555. The molecule has 1 amide bonds. The third-order valence-electron chi connectivity index (χ3n) is 5.57. The minimum Gasteiger partial charge on any atom is -0.447 e. The zero-order valence-corrected chi connectivity index (χ0v) is 20.0. The number of hydrogen-bond donors (Lipinski definition) is 1. The van der Waals surface area contributed by atoms with Gasteiger partial charge in [-0.3, -0.25) is 10.2 Å². The largest absolute Gasteiger partial charge is 0.447 e. The molecule has 0 radical (unpaired) electrons. The lowest BCUT2D eigenvalue weighted by Gasteiger charge is -2.34. The van der Waals surface area contributed by atoms with Crippen molar-refractivity contribution in [2.45, 2.75) is 12.6 Å². The zero-order chi connectivity index (χ0) is 23.9. The van der Waals surface area contributed by atoms with Crippen molar-refractivity contribution in [3.05, 3.63) is 64.9 Å². The van der Waals surface area contributed by atoms with Crippen molar-refractivity contribution in [3.8, 4) is 0 Å². The molecule has 0 spiro atoms. The second-order valence-corrected chi connectivity index (χ2v) is 8.50. The second-order valence-electron chi connectivity index (χ2n) is 8.06. The number of tetrazole rings is 1. The average Bonchev–Trinajstić information content (AvgIpc) is 3.30. The first kappa shape index (κ1) is 23.9. The van der Waals surface area contributed by atoms with Gasteiger partial charge >= 0.3 is 6.09 Å². The maximum Gasteiger partial charge on any atom is 0.411 e. The van der Waals surface area contributed by atoms with Crippen LogP contribution in [0.3, 0.4) is 0 Å². The summed E-state index contributed by atoms with van der Waals surface area (Å²) in [6.45, 7) is 3.30. The van der Waals surface area contributed by atoms with Crippen molar-refractivity contribution in [1.29, 1.82) is 0 Å². The minimum absolute atomic E-state index is 0.118. The van der Waals surface area contributed by atoms with Crippen LogP contribution in [-0.4, -0.2) is 78.2 Å². The van der Waals surface area contributed by atoms with Gasteiger partial charge in [0.15, 0.2) is 5.82 Å². The molecule has 0 unspecified atom stereocenters. The molecule has 0 aliphatic carbocycles. The van der Waals surface area contributed by atoms with E-state index < -0.39 is 6.09 Å². The molecular weight excluding hydrogens is 458 g/mol. The maximum absolute atomic E-state index is 12.1. The van der Waals surface area contributed by atoms with E-state index in [2.05, 4.69) is 54.9 Å². The van der Waals surface area contributed by atoms with E-state index in [0.717, 1.165) is 24.3 Å². The van der Waals surface area contributed by atoms with Gasteiger partial charge in [0.05, 0.1) is 25.8 Å². The molecule has 1 fully saturated rings. The monoisotopic (exact) mass is 485 g/mol. The fraction of sp³-hybridized carbons (Fsp3) is 0.391. The molecule has 11 heteroatoms. The van der Waals surface area contributed by atoms with Crippen LogP contribution in [0.1, 0.15) is 17.4 Å². The number of ether oxygens (including phenoxy) is 2. The number of hydrogen-bond acceptors (Lipinski definition) is 8. The van der Waals surface area contributed by atoms with Crippen molar-refractivity contribution in [3.63, 3.8) is 0 Å². The van der Waals surface area contributed by atoms with Crippen LogP contribution in [0.5, 0.6) is 0 Å². The summed E-state index contributed by atoms with van der Waals surface area (Å²) < 4.78 is 12.6. The number of morpholine rings is 1. The van der Waals surface area contributed by atoms with Crippen molar-refractivity contribution >= 4 is 29.1 Å². The summed E-state index contributed by atoms with van der Waals surface area (Å²) in [5, 5.41) is 15.7. The van der Waals surface area contributed by atoms with Crippen LogP contribution < -0.4 is 10.2 Å². The Morgan fingerprint density at radius 3 is 2.53 bits per heavy atom. The van der Waals surface area contributed by atoms with Crippen LogP contribution in [0.4, 0.5) is 16.2 Å². The molecule has 1 atom stereocenters. The van der Waals surface area contributed by atoms with Gasteiger partial charge < -0.3 is 14.4 Å². The number of amides is 1. The van der Waals surface area contributed by atoms with E-state index in [1.54, 1.807) is 28.9 Å². The van der Waals surface area contributed by atoms with Crippen molar-refractivity contribution < 1.29 is 14.3 Å². The van der Waals surface area contributed by atoms with E-state index >= 15 is 0 Å². The van der Waals surface area contributed by atoms with Crippen molar-refractivity contribution in [1.82, 2.24) is 25.1 Å². The molecule has 4 rings (SSSR count). The average molecular weight is 486 g/mol. The van der Waals surface area contributed by atoms with E-state index in [1.165, 1.54) is 0 Å². The molecule has 180 valence electrons. The summed E-state index contributed by atoms with van der Waals surface area (Å²) in [7, 11) is 4.02.